The third-order valence-corrected chi connectivity index (χ3v) is 4.09. The maximum absolute atomic E-state index is 12.0. The summed E-state index contributed by atoms with van der Waals surface area (Å²) in [6, 6.07) is 14.3. The molecule has 150 valence electrons. The highest BCUT2D eigenvalue weighted by Gasteiger charge is 2.12. The minimum atomic E-state index is -0.428. The van der Waals surface area contributed by atoms with E-state index < -0.39 is 5.97 Å². The Morgan fingerprint density at radius 1 is 0.862 bits per heavy atom. The third-order valence-electron chi connectivity index (χ3n) is 4.09. The first-order chi connectivity index (χ1) is 14.0. The molecule has 0 spiro atoms. The molecule has 2 N–H and O–H groups in total. The molecule has 2 aromatic carbocycles. The molecule has 0 aliphatic rings. The lowest BCUT2D eigenvalue weighted by Gasteiger charge is -2.13. The van der Waals surface area contributed by atoms with Gasteiger partial charge in [0, 0.05) is 17.8 Å². The first-order valence-corrected chi connectivity index (χ1v) is 8.83. The minimum absolute atomic E-state index is 0.417. The van der Waals surface area contributed by atoms with Crippen LogP contribution in [-0.4, -0.2) is 37.3 Å². The van der Waals surface area contributed by atoms with Gasteiger partial charge in [-0.25, -0.2) is 14.8 Å². The Morgan fingerprint density at radius 3 is 2.24 bits per heavy atom. The lowest BCUT2D eigenvalue weighted by molar-refractivity contribution is 0.0602. The highest BCUT2D eigenvalue weighted by atomic mass is 16.5. The van der Waals surface area contributed by atoms with E-state index >= 15 is 0 Å². The van der Waals surface area contributed by atoms with Gasteiger partial charge in [-0.3, -0.25) is 0 Å². The van der Waals surface area contributed by atoms with Crippen molar-refractivity contribution in [1.82, 2.24) is 9.97 Å². The fourth-order valence-electron chi connectivity index (χ4n) is 2.78. The van der Waals surface area contributed by atoms with Crippen molar-refractivity contribution >= 4 is 29.0 Å². The van der Waals surface area contributed by atoms with Crippen molar-refractivity contribution in [2.24, 2.45) is 0 Å². The zero-order chi connectivity index (χ0) is 20.8. The van der Waals surface area contributed by atoms with E-state index in [4.69, 9.17) is 14.2 Å². The molecule has 8 heteroatoms. The number of carbonyl (C=O) groups excluding carboxylic acids is 1. The summed E-state index contributed by atoms with van der Waals surface area (Å²) in [5.74, 6) is 2.50. The number of esters is 1. The van der Waals surface area contributed by atoms with Crippen molar-refractivity contribution in [2.45, 2.75) is 6.92 Å². The molecule has 0 radical (unpaired) electrons. The van der Waals surface area contributed by atoms with Crippen molar-refractivity contribution in [3.8, 4) is 11.5 Å². The smallest absolute Gasteiger partial charge is 0.339 e. The number of hydrogen-bond donors (Lipinski definition) is 2. The standard InChI is InChI=1S/C21H22N4O4/c1-13-22-19(24-14-9-10-17(27-2)18(11-14)28-3)12-20(23-13)25-16-8-6-5-7-15(16)21(26)29-4/h5-12H,1-4H3,(H2,22,23,24,25). The Bertz CT molecular complexity index is 1020. The van der Waals surface area contributed by atoms with Gasteiger partial charge in [-0.2, -0.15) is 0 Å². The monoisotopic (exact) mass is 394 g/mol. The molecule has 3 rings (SSSR count). The fourth-order valence-corrected chi connectivity index (χ4v) is 2.78. The molecule has 29 heavy (non-hydrogen) atoms. The van der Waals surface area contributed by atoms with Gasteiger partial charge < -0.3 is 24.8 Å². The van der Waals surface area contributed by atoms with E-state index in [-0.39, 0.29) is 0 Å². The first kappa shape index (κ1) is 19.9. The van der Waals surface area contributed by atoms with E-state index in [0.717, 1.165) is 5.69 Å². The molecule has 0 unspecified atom stereocenters. The lowest BCUT2D eigenvalue weighted by Crippen LogP contribution is -2.07. The molecule has 3 aromatic rings. The number of aromatic nitrogens is 2. The van der Waals surface area contributed by atoms with Gasteiger partial charge in [0.05, 0.1) is 32.6 Å². The summed E-state index contributed by atoms with van der Waals surface area (Å²) in [4.78, 5) is 20.8. The van der Waals surface area contributed by atoms with Crippen molar-refractivity contribution in [2.75, 3.05) is 32.0 Å². The predicted octanol–water partition coefficient (Wildman–Crippen LogP) is 4.08. The van der Waals surface area contributed by atoms with Crippen LogP contribution in [0.4, 0.5) is 23.0 Å². The molecular weight excluding hydrogens is 372 g/mol. The van der Waals surface area contributed by atoms with Gasteiger partial charge >= 0.3 is 5.97 Å². The lowest BCUT2D eigenvalue weighted by atomic mass is 10.2. The normalized spacial score (nSPS) is 10.2. The topological polar surface area (TPSA) is 94.6 Å². The second kappa shape index (κ2) is 8.92. The average Bonchev–Trinajstić information content (AvgIpc) is 2.73. The molecule has 0 saturated carbocycles. The van der Waals surface area contributed by atoms with Crippen molar-refractivity contribution < 1.29 is 19.0 Å². The van der Waals surface area contributed by atoms with Crippen LogP contribution in [0.15, 0.2) is 48.5 Å². The van der Waals surface area contributed by atoms with Gasteiger partial charge in [0.1, 0.15) is 17.5 Å². The van der Waals surface area contributed by atoms with Crippen LogP contribution in [-0.2, 0) is 4.74 Å². The van der Waals surface area contributed by atoms with E-state index in [2.05, 4.69) is 20.6 Å². The number of anilines is 4. The minimum Gasteiger partial charge on any atom is -0.493 e. The van der Waals surface area contributed by atoms with Crippen LogP contribution in [0.3, 0.4) is 0 Å². The second-order valence-electron chi connectivity index (χ2n) is 6.04. The Kier molecular flexibility index (Phi) is 6.13. The van der Waals surface area contributed by atoms with Crippen LogP contribution in [0.2, 0.25) is 0 Å². The quantitative estimate of drug-likeness (QED) is 0.579. The predicted molar refractivity (Wildman–Crippen MR) is 111 cm³/mol. The zero-order valence-electron chi connectivity index (χ0n) is 16.6. The average molecular weight is 394 g/mol. The second-order valence-corrected chi connectivity index (χ2v) is 6.04. The number of rotatable bonds is 7. The molecule has 8 nitrogen and oxygen atoms in total. The van der Waals surface area contributed by atoms with E-state index in [0.29, 0.717) is 40.2 Å². The molecule has 0 amide bonds. The number of benzene rings is 2. The maximum atomic E-state index is 12.0. The number of methoxy groups -OCH3 is 3. The van der Waals surface area contributed by atoms with E-state index in [1.165, 1.54) is 7.11 Å². The van der Waals surface area contributed by atoms with Crippen molar-refractivity contribution in [3.05, 3.63) is 59.9 Å². The first-order valence-electron chi connectivity index (χ1n) is 8.83. The Hall–Kier alpha value is -3.81. The maximum Gasteiger partial charge on any atom is 0.339 e. The molecule has 0 saturated heterocycles. The summed E-state index contributed by atoms with van der Waals surface area (Å²) in [5.41, 5.74) is 1.79. The number of nitrogens with zero attached hydrogens (tertiary/aromatic N) is 2. The summed E-state index contributed by atoms with van der Waals surface area (Å²) in [6.45, 7) is 1.79. The summed E-state index contributed by atoms with van der Waals surface area (Å²) in [6.07, 6.45) is 0. The van der Waals surface area contributed by atoms with Crippen LogP contribution in [0.5, 0.6) is 11.5 Å². The molecule has 0 bridgehead atoms. The van der Waals surface area contributed by atoms with Crippen molar-refractivity contribution in [3.63, 3.8) is 0 Å². The summed E-state index contributed by atoms with van der Waals surface area (Å²) >= 11 is 0. The molecule has 0 fully saturated rings. The van der Waals surface area contributed by atoms with E-state index in [1.54, 1.807) is 51.5 Å². The number of hydrogen-bond acceptors (Lipinski definition) is 8. The number of carbonyl (C=O) groups is 1. The van der Waals surface area contributed by atoms with Gasteiger partial charge in [0.2, 0.25) is 0 Å². The molecule has 0 aliphatic heterocycles. The summed E-state index contributed by atoms with van der Waals surface area (Å²) in [5, 5.41) is 6.39. The zero-order valence-corrected chi connectivity index (χ0v) is 16.6. The number of nitrogens with one attached hydrogen (secondary N) is 2. The number of para-hydroxylation sites is 1. The van der Waals surface area contributed by atoms with E-state index in [9.17, 15) is 4.79 Å². The van der Waals surface area contributed by atoms with Gasteiger partial charge in [0.15, 0.2) is 11.5 Å². The summed E-state index contributed by atoms with van der Waals surface area (Å²) < 4.78 is 15.4. The Morgan fingerprint density at radius 2 is 1.55 bits per heavy atom. The highest BCUT2D eigenvalue weighted by Crippen LogP contribution is 2.31. The van der Waals surface area contributed by atoms with Crippen LogP contribution < -0.4 is 20.1 Å². The molecule has 1 aromatic heterocycles. The van der Waals surface area contributed by atoms with Gasteiger partial charge in [0.25, 0.3) is 0 Å². The molecular formula is C21H22N4O4. The Balaban J connectivity index is 1.87. The van der Waals surface area contributed by atoms with Gasteiger partial charge in [-0.05, 0) is 31.2 Å². The highest BCUT2D eigenvalue weighted by molar-refractivity contribution is 5.96. The molecule has 1 heterocycles. The van der Waals surface area contributed by atoms with Crippen LogP contribution >= 0.6 is 0 Å². The summed E-state index contributed by atoms with van der Waals surface area (Å²) in [7, 11) is 4.51. The molecule has 0 atom stereocenters. The SMILES string of the molecule is COC(=O)c1ccccc1Nc1cc(Nc2ccc(OC)c(OC)c2)nc(C)n1. The van der Waals surface area contributed by atoms with Gasteiger partial charge in [-0.1, -0.05) is 12.1 Å². The van der Waals surface area contributed by atoms with Crippen LogP contribution in [0.25, 0.3) is 0 Å². The van der Waals surface area contributed by atoms with Crippen molar-refractivity contribution in [1.29, 1.82) is 0 Å². The number of ether oxygens (including phenoxy) is 3. The third kappa shape index (κ3) is 4.73. The molecule has 0 aliphatic carbocycles. The van der Waals surface area contributed by atoms with Crippen LogP contribution in [0, 0.1) is 6.92 Å². The van der Waals surface area contributed by atoms with Crippen LogP contribution in [0.1, 0.15) is 16.2 Å². The largest absolute Gasteiger partial charge is 0.493 e. The van der Waals surface area contributed by atoms with E-state index in [1.807, 2.05) is 18.2 Å². The Labute approximate surface area is 168 Å². The number of aryl methyl sites for hydroxylation is 1. The van der Waals surface area contributed by atoms with Gasteiger partial charge in [-0.15, -0.1) is 0 Å². The fraction of sp³-hybridized carbons (Fsp3) is 0.190.